The number of carbonyl (C=O) groups excluding carboxylic acids is 1. The number of thioether (sulfide) groups is 1. The Bertz CT molecular complexity index is 754. The lowest BCUT2D eigenvalue weighted by atomic mass is 9.97. The molecule has 3 N–H and O–H groups in total. The first kappa shape index (κ1) is 16.4. The molecule has 2 aromatic carbocycles. The van der Waals surface area contributed by atoms with E-state index < -0.39 is 0 Å². The first-order valence-corrected chi connectivity index (χ1v) is 9.57. The van der Waals surface area contributed by atoms with Crippen LogP contribution in [0.4, 0.5) is 4.79 Å². The first-order valence-electron chi connectivity index (χ1n) is 8.52. The monoisotopic (exact) mass is 354 g/mol. The molecule has 2 aliphatic heterocycles. The fourth-order valence-electron chi connectivity index (χ4n) is 3.43. The van der Waals surface area contributed by atoms with Crippen molar-refractivity contribution in [3.05, 3.63) is 71.3 Å². The maximum Gasteiger partial charge on any atom is 0.335 e. The summed E-state index contributed by atoms with van der Waals surface area (Å²) < 4.78 is 0. The molecule has 3 atom stereocenters. The molecule has 2 heterocycles. The minimum absolute atomic E-state index is 0.0360. The number of amides is 2. The maximum absolute atomic E-state index is 12.4. The third-order valence-electron chi connectivity index (χ3n) is 4.66. The maximum atomic E-state index is 12.4. The van der Waals surface area contributed by atoms with Gasteiger partial charge in [0.1, 0.15) is 11.7 Å². The van der Waals surface area contributed by atoms with Gasteiger partial charge >= 0.3 is 6.03 Å². The Kier molecular flexibility index (Phi) is 4.65. The van der Waals surface area contributed by atoms with E-state index in [0.29, 0.717) is 0 Å². The third-order valence-corrected chi connectivity index (χ3v) is 5.75. The molecule has 130 valence electrons. The van der Waals surface area contributed by atoms with E-state index in [2.05, 4.69) is 59.4 Å². The molecular formula is C19H22N4OS. The largest absolute Gasteiger partial charge is 0.335 e. The molecule has 0 radical (unpaired) electrons. The normalized spacial score (nSPS) is 25.6. The van der Waals surface area contributed by atoms with Crippen LogP contribution in [0.1, 0.15) is 22.6 Å². The first-order chi connectivity index (χ1) is 12.2. The van der Waals surface area contributed by atoms with Crippen molar-refractivity contribution < 1.29 is 4.79 Å². The van der Waals surface area contributed by atoms with Gasteiger partial charge in [0.2, 0.25) is 0 Å². The summed E-state index contributed by atoms with van der Waals surface area (Å²) in [6, 6.07) is 18.8. The van der Waals surface area contributed by atoms with Crippen LogP contribution in [-0.4, -0.2) is 29.2 Å². The van der Waals surface area contributed by atoms with E-state index in [4.69, 9.17) is 0 Å². The number of carbonyl (C=O) groups is 1. The molecule has 5 nitrogen and oxygen atoms in total. The predicted octanol–water partition coefficient (Wildman–Crippen LogP) is 2.75. The van der Waals surface area contributed by atoms with Gasteiger partial charge in [0, 0.05) is 18.2 Å². The summed E-state index contributed by atoms with van der Waals surface area (Å²) in [6.45, 7) is 2.85. The molecule has 2 aromatic rings. The van der Waals surface area contributed by atoms with Crippen molar-refractivity contribution in [3.63, 3.8) is 0 Å². The van der Waals surface area contributed by atoms with Gasteiger partial charge in [0.15, 0.2) is 0 Å². The molecule has 2 amide bonds. The Morgan fingerprint density at radius 3 is 2.80 bits per heavy atom. The number of rotatable bonds is 4. The van der Waals surface area contributed by atoms with Crippen LogP contribution in [0.25, 0.3) is 0 Å². The number of hydrogen-bond acceptors (Lipinski definition) is 4. The fourth-order valence-corrected chi connectivity index (χ4v) is 4.38. The highest BCUT2D eigenvalue weighted by Gasteiger charge is 2.43. The van der Waals surface area contributed by atoms with Crippen LogP contribution in [0.15, 0.2) is 54.6 Å². The fraction of sp³-hybridized carbons (Fsp3) is 0.316. The second-order valence-electron chi connectivity index (χ2n) is 6.49. The average Bonchev–Trinajstić information content (AvgIpc) is 3.05. The van der Waals surface area contributed by atoms with Crippen LogP contribution >= 0.6 is 11.8 Å². The molecule has 4 rings (SSSR count). The topological polar surface area (TPSA) is 56.4 Å². The molecule has 2 fully saturated rings. The van der Waals surface area contributed by atoms with Gasteiger partial charge in [-0.2, -0.15) is 0 Å². The average molecular weight is 354 g/mol. The zero-order chi connectivity index (χ0) is 17.2. The predicted molar refractivity (Wildman–Crippen MR) is 101 cm³/mol. The van der Waals surface area contributed by atoms with Gasteiger partial charge in [0.25, 0.3) is 0 Å². The van der Waals surface area contributed by atoms with Crippen LogP contribution in [0.2, 0.25) is 0 Å². The van der Waals surface area contributed by atoms with E-state index in [-0.39, 0.29) is 23.6 Å². The Morgan fingerprint density at radius 1 is 1.16 bits per heavy atom. The van der Waals surface area contributed by atoms with Gasteiger partial charge < -0.3 is 5.32 Å². The van der Waals surface area contributed by atoms with E-state index in [1.807, 2.05) is 18.2 Å². The van der Waals surface area contributed by atoms with Gasteiger partial charge in [-0.3, -0.25) is 5.32 Å². The molecule has 0 spiro atoms. The summed E-state index contributed by atoms with van der Waals surface area (Å²) in [7, 11) is 0. The quantitative estimate of drug-likeness (QED) is 0.790. The van der Waals surface area contributed by atoms with Crippen molar-refractivity contribution in [3.8, 4) is 0 Å². The summed E-state index contributed by atoms with van der Waals surface area (Å²) in [5.41, 5.74) is 6.88. The zero-order valence-electron chi connectivity index (χ0n) is 14.1. The van der Waals surface area contributed by atoms with Gasteiger partial charge in [-0.1, -0.05) is 60.2 Å². The molecule has 3 unspecified atom stereocenters. The summed E-state index contributed by atoms with van der Waals surface area (Å²) >= 11 is 1.71. The van der Waals surface area contributed by atoms with Gasteiger partial charge in [-0.05, 0) is 18.1 Å². The Hall–Kier alpha value is -2.02. The standard InChI is InChI=1S/C19H22N4OS/c1-13-6-5-7-14(10-13)12-25-18-21-17-16(15-8-3-2-4-9-15)11-20-23(17)19(24)22-18/h2-10,16-18,20-21H,11-12H2,1H3,(H,22,24). The molecule has 0 aliphatic carbocycles. The Balaban J connectivity index is 1.45. The van der Waals surface area contributed by atoms with Gasteiger partial charge in [-0.25, -0.2) is 15.2 Å². The van der Waals surface area contributed by atoms with Gasteiger partial charge in [0.05, 0.1) is 0 Å². The second kappa shape index (κ2) is 7.07. The highest BCUT2D eigenvalue weighted by atomic mass is 32.2. The summed E-state index contributed by atoms with van der Waals surface area (Å²) in [4.78, 5) is 12.4. The molecule has 0 bridgehead atoms. The second-order valence-corrected chi connectivity index (χ2v) is 7.58. The van der Waals surface area contributed by atoms with E-state index in [1.165, 1.54) is 16.7 Å². The minimum Gasteiger partial charge on any atom is -0.312 e. The smallest absolute Gasteiger partial charge is 0.312 e. The minimum atomic E-state index is -0.0969. The molecule has 2 aliphatic rings. The van der Waals surface area contributed by atoms with Crippen molar-refractivity contribution in [2.75, 3.05) is 6.54 Å². The van der Waals surface area contributed by atoms with Crippen molar-refractivity contribution >= 4 is 17.8 Å². The third kappa shape index (κ3) is 3.51. The molecule has 0 aromatic heterocycles. The van der Waals surface area contributed by atoms with Crippen molar-refractivity contribution in [2.24, 2.45) is 0 Å². The van der Waals surface area contributed by atoms with E-state index in [0.717, 1.165) is 12.3 Å². The summed E-state index contributed by atoms with van der Waals surface area (Å²) in [6.07, 6.45) is -0.0360. The summed E-state index contributed by atoms with van der Waals surface area (Å²) in [5.74, 6) is 1.10. The molecular weight excluding hydrogens is 332 g/mol. The van der Waals surface area contributed by atoms with Crippen molar-refractivity contribution in [1.82, 2.24) is 21.1 Å². The lowest BCUT2D eigenvalue weighted by Gasteiger charge is -2.37. The van der Waals surface area contributed by atoms with E-state index >= 15 is 0 Å². The SMILES string of the molecule is Cc1cccc(CSC2NC(=O)N3NCC(c4ccccc4)C3N2)c1. The summed E-state index contributed by atoms with van der Waals surface area (Å²) in [5, 5.41) is 8.28. The van der Waals surface area contributed by atoms with E-state index in [1.54, 1.807) is 16.8 Å². The highest BCUT2D eigenvalue weighted by molar-refractivity contribution is 7.99. The number of urea groups is 1. The lowest BCUT2D eigenvalue weighted by molar-refractivity contribution is 0.128. The number of hydrazine groups is 1. The molecule has 25 heavy (non-hydrogen) atoms. The molecule has 2 saturated heterocycles. The number of benzene rings is 2. The number of hydrogen-bond donors (Lipinski definition) is 3. The Labute approximate surface area is 152 Å². The number of nitrogens with zero attached hydrogens (tertiary/aromatic N) is 1. The zero-order valence-corrected chi connectivity index (χ0v) is 14.9. The van der Waals surface area contributed by atoms with Crippen LogP contribution in [0.3, 0.4) is 0 Å². The number of fused-ring (bicyclic) bond motifs is 1. The molecule has 6 heteroatoms. The lowest BCUT2D eigenvalue weighted by Crippen LogP contribution is -2.65. The molecule has 0 saturated carbocycles. The van der Waals surface area contributed by atoms with Gasteiger partial charge in [-0.15, -0.1) is 11.8 Å². The number of nitrogens with one attached hydrogen (secondary N) is 3. The highest BCUT2D eigenvalue weighted by Crippen LogP contribution is 2.29. The van der Waals surface area contributed by atoms with Crippen molar-refractivity contribution in [2.45, 2.75) is 30.3 Å². The van der Waals surface area contributed by atoms with Crippen LogP contribution in [0.5, 0.6) is 0 Å². The van der Waals surface area contributed by atoms with Crippen LogP contribution in [-0.2, 0) is 5.75 Å². The van der Waals surface area contributed by atoms with E-state index in [9.17, 15) is 4.79 Å². The van der Waals surface area contributed by atoms with Crippen LogP contribution < -0.4 is 16.1 Å². The number of aryl methyl sites for hydroxylation is 1. The van der Waals surface area contributed by atoms with Crippen molar-refractivity contribution in [1.29, 1.82) is 0 Å². The Morgan fingerprint density at radius 2 is 2.00 bits per heavy atom. The van der Waals surface area contributed by atoms with Crippen LogP contribution in [0, 0.1) is 6.92 Å².